The van der Waals surface area contributed by atoms with Gasteiger partial charge in [0, 0.05) is 24.0 Å². The quantitative estimate of drug-likeness (QED) is 0.456. The Balaban J connectivity index is 2.17. The lowest BCUT2D eigenvalue weighted by atomic mass is 9.90. The molecule has 0 aromatic heterocycles. The molecule has 6 nitrogen and oxygen atoms in total. The Morgan fingerprint density at radius 2 is 1.07 bits per heavy atom. The zero-order valence-corrected chi connectivity index (χ0v) is 14.8. The van der Waals surface area contributed by atoms with Gasteiger partial charge in [-0.1, -0.05) is 60.7 Å². The third kappa shape index (κ3) is 4.00. The molecule has 0 saturated heterocycles. The Hall–Kier alpha value is -3.54. The van der Waals surface area contributed by atoms with Gasteiger partial charge >= 0.3 is 0 Å². The molecule has 0 aliphatic rings. The minimum atomic E-state index is -0.537. The minimum Gasteiger partial charge on any atom is -0.258 e. The Morgan fingerprint density at radius 3 is 1.41 bits per heavy atom. The van der Waals surface area contributed by atoms with Crippen LogP contribution in [0.25, 0.3) is 0 Å². The van der Waals surface area contributed by atoms with Crippen molar-refractivity contribution in [2.24, 2.45) is 0 Å². The number of hydrogen-bond donors (Lipinski definition) is 0. The molecule has 3 aromatic rings. The van der Waals surface area contributed by atoms with Crippen LogP contribution in [-0.2, 0) is 12.8 Å². The molecule has 0 bridgehead atoms. The number of rotatable bonds is 6. The van der Waals surface area contributed by atoms with E-state index < -0.39 is 9.85 Å². The molecule has 0 atom stereocenters. The molecule has 0 amide bonds. The lowest BCUT2D eigenvalue weighted by molar-refractivity contribution is -0.395. The first-order valence-corrected chi connectivity index (χ1v) is 8.49. The SMILES string of the molecule is Cc1c(Cc2ccccc2)c([N+](=O)[O-])cc([N+](=O)[O-])c1Cc1ccccc1. The van der Waals surface area contributed by atoms with Crippen LogP contribution in [0.5, 0.6) is 0 Å². The Labute approximate surface area is 156 Å². The first-order valence-electron chi connectivity index (χ1n) is 8.49. The monoisotopic (exact) mass is 362 g/mol. The summed E-state index contributed by atoms with van der Waals surface area (Å²) in [6.45, 7) is 1.73. The summed E-state index contributed by atoms with van der Waals surface area (Å²) >= 11 is 0. The van der Waals surface area contributed by atoms with Gasteiger partial charge in [0.1, 0.15) is 0 Å². The van der Waals surface area contributed by atoms with Crippen molar-refractivity contribution in [1.29, 1.82) is 0 Å². The molecule has 3 aromatic carbocycles. The minimum absolute atomic E-state index is 0.208. The molecule has 0 saturated carbocycles. The lowest BCUT2D eigenvalue weighted by Crippen LogP contribution is -2.07. The second kappa shape index (κ2) is 7.78. The van der Waals surface area contributed by atoms with Crippen LogP contribution < -0.4 is 0 Å². The predicted octanol–water partition coefficient (Wildman–Crippen LogP) is 4.99. The molecule has 0 aliphatic carbocycles. The molecule has 0 radical (unpaired) electrons. The van der Waals surface area contributed by atoms with E-state index in [1.807, 2.05) is 60.7 Å². The van der Waals surface area contributed by atoms with Crippen LogP contribution >= 0.6 is 0 Å². The normalized spacial score (nSPS) is 10.6. The summed E-state index contributed by atoms with van der Waals surface area (Å²) in [5.41, 5.74) is 3.06. The van der Waals surface area contributed by atoms with Gasteiger partial charge in [-0.3, -0.25) is 20.2 Å². The van der Waals surface area contributed by atoms with Crippen molar-refractivity contribution in [2.45, 2.75) is 19.8 Å². The van der Waals surface area contributed by atoms with Gasteiger partial charge in [-0.25, -0.2) is 0 Å². The van der Waals surface area contributed by atoms with Crippen LogP contribution in [0.3, 0.4) is 0 Å². The first-order chi connectivity index (χ1) is 13.0. The smallest absolute Gasteiger partial charge is 0.258 e. The fourth-order valence-electron chi connectivity index (χ4n) is 3.24. The molecule has 27 heavy (non-hydrogen) atoms. The van der Waals surface area contributed by atoms with E-state index in [2.05, 4.69) is 0 Å². The fourth-order valence-corrected chi connectivity index (χ4v) is 3.24. The molecule has 0 aliphatic heterocycles. The fraction of sp³-hybridized carbons (Fsp3) is 0.143. The molecule has 3 rings (SSSR count). The van der Waals surface area contributed by atoms with Gasteiger partial charge < -0.3 is 0 Å². The maximum absolute atomic E-state index is 11.6. The van der Waals surface area contributed by atoms with E-state index >= 15 is 0 Å². The molecule has 0 fully saturated rings. The van der Waals surface area contributed by atoms with Crippen LogP contribution in [0.2, 0.25) is 0 Å². The number of nitro benzene ring substituents is 2. The maximum atomic E-state index is 11.6. The van der Waals surface area contributed by atoms with Gasteiger partial charge in [-0.05, 0) is 23.6 Å². The molecule has 6 heteroatoms. The highest BCUT2D eigenvalue weighted by Crippen LogP contribution is 2.35. The van der Waals surface area contributed by atoms with Crippen molar-refractivity contribution in [3.8, 4) is 0 Å². The zero-order valence-electron chi connectivity index (χ0n) is 14.8. The number of nitrogens with zero attached hydrogens (tertiary/aromatic N) is 2. The van der Waals surface area contributed by atoms with Crippen molar-refractivity contribution in [3.05, 3.63) is 115 Å². The topological polar surface area (TPSA) is 86.3 Å². The van der Waals surface area contributed by atoms with Crippen molar-refractivity contribution in [2.75, 3.05) is 0 Å². The summed E-state index contributed by atoms with van der Waals surface area (Å²) < 4.78 is 0. The van der Waals surface area contributed by atoms with E-state index in [4.69, 9.17) is 0 Å². The molecule has 0 spiro atoms. The highest BCUT2D eigenvalue weighted by atomic mass is 16.6. The van der Waals surface area contributed by atoms with Crippen LogP contribution in [0, 0.1) is 27.2 Å². The van der Waals surface area contributed by atoms with Crippen LogP contribution in [0.1, 0.15) is 27.8 Å². The zero-order chi connectivity index (χ0) is 19.4. The second-order valence-electron chi connectivity index (χ2n) is 6.34. The van der Waals surface area contributed by atoms with Crippen molar-refractivity contribution in [3.63, 3.8) is 0 Å². The van der Waals surface area contributed by atoms with Gasteiger partial charge in [0.25, 0.3) is 11.4 Å². The Morgan fingerprint density at radius 1 is 0.704 bits per heavy atom. The predicted molar refractivity (Wildman–Crippen MR) is 103 cm³/mol. The van der Waals surface area contributed by atoms with Gasteiger partial charge in [0.2, 0.25) is 0 Å². The summed E-state index contributed by atoms with van der Waals surface area (Å²) in [4.78, 5) is 22.1. The van der Waals surface area contributed by atoms with E-state index in [-0.39, 0.29) is 11.4 Å². The summed E-state index contributed by atoms with van der Waals surface area (Å²) in [6, 6.07) is 19.9. The van der Waals surface area contributed by atoms with E-state index in [9.17, 15) is 20.2 Å². The Kier molecular flexibility index (Phi) is 5.26. The number of hydrogen-bond acceptors (Lipinski definition) is 4. The number of benzene rings is 3. The highest BCUT2D eigenvalue weighted by molar-refractivity contribution is 5.61. The summed E-state index contributed by atoms with van der Waals surface area (Å²) in [5, 5.41) is 23.2. The Bertz CT molecular complexity index is 908. The molecule has 0 N–H and O–H groups in total. The van der Waals surface area contributed by atoms with Crippen molar-refractivity contribution < 1.29 is 9.85 Å². The van der Waals surface area contributed by atoms with E-state index in [1.165, 1.54) is 0 Å². The van der Waals surface area contributed by atoms with Gasteiger partial charge in [0.15, 0.2) is 0 Å². The average molecular weight is 362 g/mol. The summed E-state index contributed by atoms with van der Waals surface area (Å²) in [7, 11) is 0. The van der Waals surface area contributed by atoms with Gasteiger partial charge in [-0.15, -0.1) is 0 Å². The average Bonchev–Trinajstić information content (AvgIpc) is 2.66. The van der Waals surface area contributed by atoms with Gasteiger partial charge in [-0.2, -0.15) is 0 Å². The molecular weight excluding hydrogens is 344 g/mol. The van der Waals surface area contributed by atoms with Crippen LogP contribution in [0.15, 0.2) is 66.7 Å². The second-order valence-corrected chi connectivity index (χ2v) is 6.34. The van der Waals surface area contributed by atoms with Crippen LogP contribution in [-0.4, -0.2) is 9.85 Å². The maximum Gasteiger partial charge on any atom is 0.280 e. The largest absolute Gasteiger partial charge is 0.280 e. The molecule has 0 heterocycles. The molecule has 0 unspecified atom stereocenters. The van der Waals surface area contributed by atoms with Crippen LogP contribution in [0.4, 0.5) is 11.4 Å². The standard InChI is InChI=1S/C21H18N2O4/c1-15-18(12-16-8-4-2-5-9-16)20(22(24)25)14-21(23(26)27)19(15)13-17-10-6-3-7-11-17/h2-11,14H,12-13H2,1H3. The van der Waals surface area contributed by atoms with E-state index in [0.717, 1.165) is 17.2 Å². The third-order valence-corrected chi connectivity index (χ3v) is 4.64. The molecular formula is C21H18N2O4. The first kappa shape index (κ1) is 18.3. The summed E-state index contributed by atoms with van der Waals surface area (Å²) in [6.07, 6.45) is 0.700. The van der Waals surface area contributed by atoms with E-state index in [1.54, 1.807) is 6.92 Å². The van der Waals surface area contributed by atoms with Gasteiger partial charge in [0.05, 0.1) is 15.9 Å². The van der Waals surface area contributed by atoms with Crippen molar-refractivity contribution >= 4 is 11.4 Å². The highest BCUT2D eigenvalue weighted by Gasteiger charge is 2.27. The summed E-state index contributed by atoms with van der Waals surface area (Å²) in [5.74, 6) is 0. The van der Waals surface area contributed by atoms with E-state index in [0.29, 0.717) is 29.5 Å². The lowest BCUT2D eigenvalue weighted by Gasteiger charge is -2.13. The van der Waals surface area contributed by atoms with Crippen molar-refractivity contribution in [1.82, 2.24) is 0 Å². The number of nitro groups is 2. The third-order valence-electron chi connectivity index (χ3n) is 4.64. The molecule has 136 valence electrons.